The van der Waals surface area contributed by atoms with Gasteiger partial charge in [-0.15, -0.1) is 0 Å². The molecule has 1 N–H and O–H groups in total. The number of hydrogen-bond donors (Lipinski definition) is 1. The zero-order valence-electron chi connectivity index (χ0n) is 13.8. The fourth-order valence-electron chi connectivity index (χ4n) is 2.61. The summed E-state index contributed by atoms with van der Waals surface area (Å²) in [6.07, 6.45) is 0.630. The molecule has 1 atom stereocenters. The second-order valence-corrected chi connectivity index (χ2v) is 5.50. The molecule has 1 aliphatic rings. The Kier molecular flexibility index (Phi) is 4.99. The minimum atomic E-state index is -1.09. The summed E-state index contributed by atoms with van der Waals surface area (Å²) >= 11 is 0. The number of hydrogen-bond acceptors (Lipinski definition) is 5. The van der Waals surface area contributed by atoms with E-state index in [0.29, 0.717) is 18.9 Å². The first kappa shape index (κ1) is 17.0. The zero-order chi connectivity index (χ0) is 17.8. The maximum atomic E-state index is 12.8. The highest BCUT2D eigenvalue weighted by atomic mass is 16.5. The lowest BCUT2D eigenvalue weighted by molar-refractivity contribution is -0.154. The van der Waals surface area contributed by atoms with Gasteiger partial charge in [0.25, 0.3) is 5.91 Å². The van der Waals surface area contributed by atoms with Crippen LogP contribution < -0.4 is 4.74 Å². The largest absolute Gasteiger partial charge is 0.490 e. The third-order valence-electron chi connectivity index (χ3n) is 3.83. The molecule has 0 saturated carbocycles. The number of aromatic nitrogens is 2. The molecule has 3 rings (SSSR count). The average molecular weight is 345 g/mol. The fourth-order valence-corrected chi connectivity index (χ4v) is 2.61. The van der Waals surface area contributed by atoms with Crippen molar-refractivity contribution in [1.29, 1.82) is 0 Å². The molecule has 2 heterocycles. The van der Waals surface area contributed by atoms with E-state index in [1.54, 1.807) is 10.9 Å². The highest BCUT2D eigenvalue weighted by molar-refractivity contribution is 5.95. The van der Waals surface area contributed by atoms with E-state index in [9.17, 15) is 9.59 Å². The van der Waals surface area contributed by atoms with Crippen LogP contribution in [0.4, 0.5) is 0 Å². The Bertz CT molecular complexity index is 759. The van der Waals surface area contributed by atoms with E-state index in [0.717, 1.165) is 5.69 Å². The lowest BCUT2D eigenvalue weighted by Crippen LogP contribution is -2.48. The highest BCUT2D eigenvalue weighted by Gasteiger charge is 2.32. The maximum Gasteiger partial charge on any atom is 0.334 e. The van der Waals surface area contributed by atoms with Gasteiger partial charge in [0, 0.05) is 6.54 Å². The van der Waals surface area contributed by atoms with Gasteiger partial charge in [-0.1, -0.05) is 18.2 Å². The third-order valence-corrected chi connectivity index (χ3v) is 3.83. The molecule has 0 bridgehead atoms. The molecule has 8 nitrogen and oxygen atoms in total. The lowest BCUT2D eigenvalue weighted by Gasteiger charge is -2.30. The van der Waals surface area contributed by atoms with Crippen LogP contribution in [0.15, 0.2) is 36.5 Å². The molecule has 8 heteroatoms. The number of carboxylic acid groups (broad SMARTS) is 1. The van der Waals surface area contributed by atoms with Crippen molar-refractivity contribution in [2.24, 2.45) is 0 Å². The van der Waals surface area contributed by atoms with Gasteiger partial charge in [0.2, 0.25) is 0 Å². The molecule has 1 aliphatic heterocycles. The van der Waals surface area contributed by atoms with Crippen molar-refractivity contribution in [2.75, 3.05) is 26.3 Å². The molecule has 0 aliphatic carbocycles. The van der Waals surface area contributed by atoms with E-state index in [-0.39, 0.29) is 24.8 Å². The minimum Gasteiger partial charge on any atom is -0.490 e. The van der Waals surface area contributed by atoms with E-state index in [1.807, 2.05) is 37.3 Å². The van der Waals surface area contributed by atoms with E-state index in [2.05, 4.69) is 5.10 Å². The topological polar surface area (TPSA) is 93.9 Å². The number of carbonyl (C=O) groups excluding carboxylic acids is 1. The number of carboxylic acids is 1. The molecular weight excluding hydrogens is 326 g/mol. The molecule has 132 valence electrons. The van der Waals surface area contributed by atoms with Gasteiger partial charge in [-0.3, -0.25) is 4.79 Å². The van der Waals surface area contributed by atoms with Gasteiger partial charge in [0.1, 0.15) is 0 Å². The number of morpholine rings is 1. The van der Waals surface area contributed by atoms with Crippen LogP contribution in [0.5, 0.6) is 5.75 Å². The quantitative estimate of drug-likeness (QED) is 0.875. The summed E-state index contributed by atoms with van der Waals surface area (Å²) in [7, 11) is 0. The second kappa shape index (κ2) is 7.35. The number of nitrogens with zero attached hydrogens (tertiary/aromatic N) is 3. The van der Waals surface area contributed by atoms with E-state index < -0.39 is 12.1 Å². The molecule has 2 aromatic rings. The van der Waals surface area contributed by atoms with Gasteiger partial charge in [0.15, 0.2) is 17.5 Å². The summed E-state index contributed by atoms with van der Waals surface area (Å²) in [6, 6.07) is 9.37. The van der Waals surface area contributed by atoms with Crippen LogP contribution in [-0.4, -0.2) is 64.1 Å². The van der Waals surface area contributed by atoms with Crippen LogP contribution in [0, 0.1) is 0 Å². The first-order chi connectivity index (χ1) is 12.1. The SMILES string of the molecule is CCOc1cn(-c2ccccc2)nc1C(=O)N1CCOC(C(=O)O)C1. The van der Waals surface area contributed by atoms with Crippen LogP contribution in [-0.2, 0) is 9.53 Å². The average Bonchev–Trinajstić information content (AvgIpc) is 3.06. The highest BCUT2D eigenvalue weighted by Crippen LogP contribution is 2.22. The second-order valence-electron chi connectivity index (χ2n) is 5.50. The van der Waals surface area contributed by atoms with Gasteiger partial charge < -0.3 is 19.5 Å². The summed E-state index contributed by atoms with van der Waals surface area (Å²) in [5, 5.41) is 13.4. The van der Waals surface area contributed by atoms with Gasteiger partial charge in [-0.2, -0.15) is 5.10 Å². The van der Waals surface area contributed by atoms with Gasteiger partial charge in [0.05, 0.1) is 31.6 Å². The van der Waals surface area contributed by atoms with Crippen LogP contribution >= 0.6 is 0 Å². The number of amides is 1. The molecule has 0 spiro atoms. The van der Waals surface area contributed by atoms with Gasteiger partial charge in [-0.05, 0) is 19.1 Å². The van der Waals surface area contributed by atoms with Crippen molar-refractivity contribution in [3.63, 3.8) is 0 Å². The Morgan fingerprint density at radius 2 is 2.12 bits per heavy atom. The number of carbonyl (C=O) groups is 2. The standard InChI is InChI=1S/C17H19N3O5/c1-2-24-13-11-20(12-6-4-3-5-7-12)18-15(13)16(21)19-8-9-25-14(10-19)17(22)23/h3-7,11,14H,2,8-10H2,1H3,(H,22,23). The van der Waals surface area contributed by atoms with Crippen molar-refractivity contribution < 1.29 is 24.2 Å². The van der Waals surface area contributed by atoms with Crippen molar-refractivity contribution in [3.8, 4) is 11.4 Å². The predicted molar refractivity (Wildman–Crippen MR) is 88.0 cm³/mol. The van der Waals surface area contributed by atoms with Gasteiger partial charge >= 0.3 is 5.97 Å². The van der Waals surface area contributed by atoms with Crippen LogP contribution in [0.25, 0.3) is 5.69 Å². The van der Waals surface area contributed by atoms with Crippen LogP contribution in [0.3, 0.4) is 0 Å². The first-order valence-electron chi connectivity index (χ1n) is 8.01. The summed E-state index contributed by atoms with van der Waals surface area (Å²) in [4.78, 5) is 25.4. The molecule has 1 aromatic carbocycles. The number of ether oxygens (including phenoxy) is 2. The summed E-state index contributed by atoms with van der Waals surface area (Å²) in [6.45, 7) is 2.68. The summed E-state index contributed by atoms with van der Waals surface area (Å²) in [5.41, 5.74) is 0.963. The predicted octanol–water partition coefficient (Wildman–Crippen LogP) is 1.20. The number of rotatable bonds is 5. The lowest BCUT2D eigenvalue weighted by atomic mass is 10.2. The molecule has 0 radical (unpaired) electrons. The normalized spacial score (nSPS) is 17.3. The van der Waals surface area contributed by atoms with Gasteiger partial charge in [-0.25, -0.2) is 9.48 Å². The smallest absolute Gasteiger partial charge is 0.334 e. The molecule has 1 fully saturated rings. The molecular formula is C17H19N3O5. The Balaban J connectivity index is 1.88. The van der Waals surface area contributed by atoms with Crippen LogP contribution in [0.2, 0.25) is 0 Å². The number of benzene rings is 1. The summed E-state index contributed by atoms with van der Waals surface area (Å²) < 4.78 is 12.3. The molecule has 1 aromatic heterocycles. The maximum absolute atomic E-state index is 12.8. The number of para-hydroxylation sites is 1. The van der Waals surface area contributed by atoms with Crippen molar-refractivity contribution in [1.82, 2.24) is 14.7 Å². The molecule has 1 amide bonds. The zero-order valence-corrected chi connectivity index (χ0v) is 13.8. The Morgan fingerprint density at radius 1 is 1.36 bits per heavy atom. The summed E-state index contributed by atoms with van der Waals surface area (Å²) in [5.74, 6) is -1.08. The van der Waals surface area contributed by atoms with Crippen LogP contribution in [0.1, 0.15) is 17.4 Å². The third kappa shape index (κ3) is 3.63. The molecule has 25 heavy (non-hydrogen) atoms. The van der Waals surface area contributed by atoms with E-state index in [1.165, 1.54) is 4.90 Å². The van der Waals surface area contributed by atoms with Crippen molar-refractivity contribution >= 4 is 11.9 Å². The van der Waals surface area contributed by atoms with Crippen molar-refractivity contribution in [2.45, 2.75) is 13.0 Å². The van der Waals surface area contributed by atoms with E-state index in [4.69, 9.17) is 14.6 Å². The van der Waals surface area contributed by atoms with E-state index >= 15 is 0 Å². The molecule has 1 unspecified atom stereocenters. The Hall–Kier alpha value is -2.87. The fraction of sp³-hybridized carbons (Fsp3) is 0.353. The number of aliphatic carboxylic acids is 1. The monoisotopic (exact) mass is 345 g/mol. The minimum absolute atomic E-state index is 0.0159. The Morgan fingerprint density at radius 3 is 2.80 bits per heavy atom. The van der Waals surface area contributed by atoms with Crippen molar-refractivity contribution in [3.05, 3.63) is 42.2 Å². The molecule has 1 saturated heterocycles. The first-order valence-corrected chi connectivity index (χ1v) is 8.01. The Labute approximate surface area is 144 Å².